The molecule has 1 amide bonds. The minimum atomic E-state index is 0.103. The van der Waals surface area contributed by atoms with Crippen molar-refractivity contribution in [1.82, 2.24) is 14.7 Å². The summed E-state index contributed by atoms with van der Waals surface area (Å²) in [7, 11) is 5.19. The van der Waals surface area contributed by atoms with Crippen LogP contribution in [0.15, 0.2) is 24.5 Å². The van der Waals surface area contributed by atoms with Crippen LogP contribution < -0.4 is 9.47 Å². The summed E-state index contributed by atoms with van der Waals surface area (Å²) in [6.07, 6.45) is 5.67. The molecule has 0 N–H and O–H groups in total. The first-order valence-corrected chi connectivity index (χ1v) is 8.61. The second-order valence-corrected chi connectivity index (χ2v) is 6.88. The van der Waals surface area contributed by atoms with E-state index in [1.54, 1.807) is 18.9 Å². The number of amides is 1. The van der Waals surface area contributed by atoms with E-state index in [4.69, 9.17) is 9.47 Å². The topological polar surface area (TPSA) is 56.6 Å². The Morgan fingerprint density at radius 1 is 1.20 bits per heavy atom. The number of hydrogen-bond acceptors (Lipinski definition) is 4. The Balaban J connectivity index is 1.48. The summed E-state index contributed by atoms with van der Waals surface area (Å²) in [5.74, 6) is 2.16. The highest BCUT2D eigenvalue weighted by Gasteiger charge is 2.46. The van der Waals surface area contributed by atoms with Crippen LogP contribution in [-0.2, 0) is 24.8 Å². The zero-order valence-electron chi connectivity index (χ0n) is 14.9. The largest absolute Gasteiger partial charge is 0.493 e. The smallest absolute Gasteiger partial charge is 0.226 e. The van der Waals surface area contributed by atoms with Gasteiger partial charge >= 0.3 is 0 Å². The van der Waals surface area contributed by atoms with Gasteiger partial charge in [-0.3, -0.25) is 9.48 Å². The van der Waals surface area contributed by atoms with Gasteiger partial charge in [0.05, 0.1) is 20.4 Å². The molecule has 0 unspecified atom stereocenters. The average molecular weight is 341 g/mol. The summed E-state index contributed by atoms with van der Waals surface area (Å²) in [5.41, 5.74) is 3.56. The molecule has 0 bridgehead atoms. The van der Waals surface area contributed by atoms with Gasteiger partial charge in [-0.05, 0) is 47.6 Å². The maximum Gasteiger partial charge on any atom is 0.226 e. The number of carbonyl (C=O) groups is 1. The third-order valence-electron chi connectivity index (χ3n) is 5.29. The van der Waals surface area contributed by atoms with E-state index in [1.807, 2.05) is 36.5 Å². The number of aryl methyl sites for hydroxylation is 1. The van der Waals surface area contributed by atoms with Crippen molar-refractivity contribution in [2.75, 3.05) is 20.8 Å². The highest BCUT2D eigenvalue weighted by molar-refractivity contribution is 5.83. The van der Waals surface area contributed by atoms with Gasteiger partial charge in [0.15, 0.2) is 11.5 Å². The van der Waals surface area contributed by atoms with E-state index in [-0.39, 0.29) is 11.8 Å². The SMILES string of the molecule is COc1cc2c(cc1OC)CN(C(=O)[C@@H]1C[C@H]1c1cnn(C)c1)CC2. The predicted molar refractivity (Wildman–Crippen MR) is 92.7 cm³/mol. The molecule has 2 aliphatic rings. The Labute approximate surface area is 147 Å². The Bertz CT molecular complexity index is 814. The van der Waals surface area contributed by atoms with Crippen molar-refractivity contribution >= 4 is 5.91 Å². The summed E-state index contributed by atoms with van der Waals surface area (Å²) >= 11 is 0. The van der Waals surface area contributed by atoms with Gasteiger partial charge < -0.3 is 14.4 Å². The zero-order chi connectivity index (χ0) is 17.6. The lowest BCUT2D eigenvalue weighted by atomic mass is 9.98. The molecule has 2 heterocycles. The van der Waals surface area contributed by atoms with Crippen LogP contribution in [0, 0.1) is 5.92 Å². The van der Waals surface area contributed by atoms with Gasteiger partial charge in [0.1, 0.15) is 0 Å². The van der Waals surface area contributed by atoms with Crippen molar-refractivity contribution in [2.24, 2.45) is 13.0 Å². The van der Waals surface area contributed by atoms with E-state index in [0.717, 1.165) is 36.4 Å². The highest BCUT2D eigenvalue weighted by Crippen LogP contribution is 2.48. The number of aromatic nitrogens is 2. The van der Waals surface area contributed by atoms with E-state index < -0.39 is 0 Å². The second kappa shape index (κ2) is 6.10. The van der Waals surface area contributed by atoms with Crippen LogP contribution in [0.1, 0.15) is 29.0 Å². The van der Waals surface area contributed by atoms with Crippen molar-refractivity contribution in [1.29, 1.82) is 0 Å². The summed E-state index contributed by atoms with van der Waals surface area (Å²) in [5, 5.41) is 4.22. The van der Waals surface area contributed by atoms with Gasteiger partial charge in [-0.15, -0.1) is 0 Å². The molecule has 0 spiro atoms. The van der Waals surface area contributed by atoms with Crippen molar-refractivity contribution < 1.29 is 14.3 Å². The van der Waals surface area contributed by atoms with Crippen LogP contribution in [0.4, 0.5) is 0 Å². The van der Waals surface area contributed by atoms with Crippen LogP contribution >= 0.6 is 0 Å². The van der Waals surface area contributed by atoms with Gasteiger partial charge in [-0.2, -0.15) is 5.10 Å². The number of rotatable bonds is 4. The lowest BCUT2D eigenvalue weighted by Gasteiger charge is -2.30. The molecule has 132 valence electrons. The summed E-state index contributed by atoms with van der Waals surface area (Å²) in [6.45, 7) is 1.41. The van der Waals surface area contributed by atoms with Crippen LogP contribution in [0.5, 0.6) is 11.5 Å². The number of ether oxygens (including phenoxy) is 2. The Kier molecular flexibility index (Phi) is 3.90. The molecule has 1 aliphatic heterocycles. The van der Waals surface area contributed by atoms with E-state index >= 15 is 0 Å². The summed E-state index contributed by atoms with van der Waals surface area (Å²) in [4.78, 5) is 14.9. The maximum absolute atomic E-state index is 12.9. The lowest BCUT2D eigenvalue weighted by molar-refractivity contribution is -0.133. The third kappa shape index (κ3) is 2.86. The van der Waals surface area contributed by atoms with Crippen molar-refractivity contribution in [3.63, 3.8) is 0 Å². The molecule has 25 heavy (non-hydrogen) atoms. The predicted octanol–water partition coefficient (Wildman–Crippen LogP) is 2.13. The Hall–Kier alpha value is -2.50. The fourth-order valence-electron chi connectivity index (χ4n) is 3.77. The standard InChI is InChI=1S/C19H23N3O3/c1-21-10-14(9-20-21)15-8-16(15)19(23)22-5-4-12-6-17(24-2)18(25-3)7-13(12)11-22/h6-7,9-10,15-16H,4-5,8,11H2,1-3H3/t15-,16+/m0/s1. The number of benzene rings is 1. The first-order chi connectivity index (χ1) is 12.1. The molecule has 4 rings (SSSR count). The van der Waals surface area contributed by atoms with Gasteiger partial charge in [0, 0.05) is 32.3 Å². The molecule has 1 aromatic heterocycles. The van der Waals surface area contributed by atoms with Gasteiger partial charge in [0.2, 0.25) is 5.91 Å². The normalized spacial score (nSPS) is 21.6. The summed E-state index contributed by atoms with van der Waals surface area (Å²) in [6, 6.07) is 4.03. The average Bonchev–Trinajstić information content (AvgIpc) is 3.32. The van der Waals surface area contributed by atoms with E-state index in [1.165, 1.54) is 11.1 Å². The van der Waals surface area contributed by atoms with Crippen LogP contribution in [0.25, 0.3) is 0 Å². The molecule has 2 aromatic rings. The molecule has 1 aromatic carbocycles. The second-order valence-electron chi connectivity index (χ2n) is 6.88. The van der Waals surface area contributed by atoms with E-state index in [0.29, 0.717) is 12.5 Å². The quantitative estimate of drug-likeness (QED) is 0.855. The number of nitrogens with zero attached hydrogens (tertiary/aromatic N) is 3. The molecule has 2 atom stereocenters. The molecular formula is C19H23N3O3. The van der Waals surface area contributed by atoms with Gasteiger partial charge in [-0.25, -0.2) is 0 Å². The minimum absolute atomic E-state index is 0.103. The number of hydrogen-bond donors (Lipinski definition) is 0. The van der Waals surface area contributed by atoms with Gasteiger partial charge in [-0.1, -0.05) is 0 Å². The van der Waals surface area contributed by atoms with E-state index in [2.05, 4.69) is 5.10 Å². The maximum atomic E-state index is 12.9. The molecule has 1 aliphatic carbocycles. The fourth-order valence-corrected chi connectivity index (χ4v) is 3.77. The first kappa shape index (κ1) is 16.0. The first-order valence-electron chi connectivity index (χ1n) is 8.61. The lowest BCUT2D eigenvalue weighted by Crippen LogP contribution is -2.37. The number of methoxy groups -OCH3 is 2. The van der Waals surface area contributed by atoms with Crippen LogP contribution in [0.3, 0.4) is 0 Å². The third-order valence-corrected chi connectivity index (χ3v) is 5.29. The number of fused-ring (bicyclic) bond motifs is 1. The van der Waals surface area contributed by atoms with Crippen LogP contribution in [-0.4, -0.2) is 41.4 Å². The zero-order valence-corrected chi connectivity index (χ0v) is 14.9. The molecule has 1 saturated carbocycles. The van der Waals surface area contributed by atoms with Crippen LogP contribution in [0.2, 0.25) is 0 Å². The molecular weight excluding hydrogens is 318 g/mol. The highest BCUT2D eigenvalue weighted by atomic mass is 16.5. The molecule has 0 saturated heterocycles. The summed E-state index contributed by atoms with van der Waals surface area (Å²) < 4.78 is 12.6. The monoisotopic (exact) mass is 341 g/mol. The molecule has 0 radical (unpaired) electrons. The minimum Gasteiger partial charge on any atom is -0.493 e. The van der Waals surface area contributed by atoms with Gasteiger partial charge in [0.25, 0.3) is 0 Å². The van der Waals surface area contributed by atoms with Crippen molar-refractivity contribution in [2.45, 2.75) is 25.3 Å². The Morgan fingerprint density at radius 2 is 1.92 bits per heavy atom. The molecule has 6 heteroatoms. The number of carbonyl (C=O) groups excluding carboxylic acids is 1. The van der Waals surface area contributed by atoms with Crippen molar-refractivity contribution in [3.05, 3.63) is 41.2 Å². The molecule has 1 fully saturated rings. The van der Waals surface area contributed by atoms with E-state index in [9.17, 15) is 4.79 Å². The molecule has 6 nitrogen and oxygen atoms in total. The fraction of sp³-hybridized carbons (Fsp3) is 0.474. The Morgan fingerprint density at radius 3 is 2.56 bits per heavy atom. The van der Waals surface area contributed by atoms with Crippen molar-refractivity contribution in [3.8, 4) is 11.5 Å².